The van der Waals surface area contributed by atoms with Gasteiger partial charge in [-0.2, -0.15) is 3.71 Å². The van der Waals surface area contributed by atoms with E-state index in [9.17, 15) is 16.8 Å². The van der Waals surface area contributed by atoms with Gasteiger partial charge in [0.05, 0.1) is 35.8 Å². The molecule has 0 bridgehead atoms. The third-order valence-corrected chi connectivity index (χ3v) is 7.85. The zero-order valence-electron chi connectivity index (χ0n) is 15.6. The van der Waals surface area contributed by atoms with Crippen LogP contribution in [0.3, 0.4) is 0 Å². The third-order valence-electron chi connectivity index (χ3n) is 4.60. The molecule has 148 valence electrons. The number of pyridine rings is 1. The maximum atomic E-state index is 12.1. The van der Waals surface area contributed by atoms with Crippen LogP contribution in [0.15, 0.2) is 36.4 Å². The monoisotopic (exact) mass is 421 g/mol. The van der Waals surface area contributed by atoms with Gasteiger partial charge in [-0.3, -0.25) is 0 Å². The van der Waals surface area contributed by atoms with Crippen LogP contribution in [-0.4, -0.2) is 48.1 Å². The Hall–Kier alpha value is -2.43. The van der Waals surface area contributed by atoms with E-state index >= 15 is 0 Å². The molecule has 0 amide bonds. The second-order valence-electron chi connectivity index (χ2n) is 6.90. The molecule has 0 N–H and O–H groups in total. The van der Waals surface area contributed by atoms with Gasteiger partial charge in [-0.25, -0.2) is 21.8 Å². The Morgan fingerprint density at radius 1 is 1.00 bits per heavy atom. The predicted octanol–water partition coefficient (Wildman–Crippen LogP) is 2.04. The lowest BCUT2D eigenvalue weighted by molar-refractivity contribution is 0.114. The van der Waals surface area contributed by atoms with Crippen molar-refractivity contribution in [2.75, 3.05) is 34.9 Å². The van der Waals surface area contributed by atoms with Gasteiger partial charge in [-0.05, 0) is 24.3 Å². The fourth-order valence-electron chi connectivity index (χ4n) is 3.53. The van der Waals surface area contributed by atoms with Crippen LogP contribution in [0.5, 0.6) is 0 Å². The number of ether oxygens (including phenoxy) is 1. The molecule has 0 saturated carbocycles. The van der Waals surface area contributed by atoms with Crippen LogP contribution < -0.4 is 8.61 Å². The molecule has 0 radical (unpaired) electrons. The van der Waals surface area contributed by atoms with E-state index in [-0.39, 0.29) is 5.69 Å². The van der Waals surface area contributed by atoms with Gasteiger partial charge in [-0.15, -0.1) is 0 Å². The summed E-state index contributed by atoms with van der Waals surface area (Å²) in [5.74, 6) is 0. The van der Waals surface area contributed by atoms with Crippen molar-refractivity contribution in [2.45, 2.75) is 6.61 Å². The van der Waals surface area contributed by atoms with E-state index in [1.807, 2.05) is 30.1 Å². The Morgan fingerprint density at radius 2 is 1.68 bits per heavy atom. The van der Waals surface area contributed by atoms with Crippen molar-refractivity contribution < 1.29 is 21.6 Å². The standard InChI is InChI=1S/C18H19N3O5S2/c1-20-11-26-10-15-17(20)7-5-13-8-12-4-6-14(9-16(12)19-18(13)15)21(27(2,22)23)28(3,24)25/h4-9H,10-11H2,1-3H3. The largest absolute Gasteiger partial charge is 0.356 e. The highest BCUT2D eigenvalue weighted by molar-refractivity contribution is 8.09. The molecule has 1 aliphatic rings. The molecule has 28 heavy (non-hydrogen) atoms. The molecule has 2 aromatic carbocycles. The van der Waals surface area contributed by atoms with Gasteiger partial charge in [-0.1, -0.05) is 12.1 Å². The minimum Gasteiger partial charge on any atom is -0.356 e. The van der Waals surface area contributed by atoms with E-state index in [1.165, 1.54) is 12.1 Å². The lowest BCUT2D eigenvalue weighted by Crippen LogP contribution is -2.35. The van der Waals surface area contributed by atoms with Gasteiger partial charge < -0.3 is 9.64 Å². The molecule has 0 saturated heterocycles. The molecule has 0 unspecified atom stereocenters. The van der Waals surface area contributed by atoms with Gasteiger partial charge in [0, 0.05) is 29.1 Å². The predicted molar refractivity (Wildman–Crippen MR) is 109 cm³/mol. The molecule has 0 aliphatic carbocycles. The van der Waals surface area contributed by atoms with Gasteiger partial charge in [0.15, 0.2) is 0 Å². The maximum absolute atomic E-state index is 12.1. The van der Waals surface area contributed by atoms with Crippen molar-refractivity contribution in [1.29, 1.82) is 0 Å². The number of nitrogens with zero attached hydrogens (tertiary/aromatic N) is 3. The van der Waals surface area contributed by atoms with E-state index in [4.69, 9.17) is 9.72 Å². The molecule has 10 heteroatoms. The topological polar surface area (TPSA) is 96.9 Å². The summed E-state index contributed by atoms with van der Waals surface area (Å²) < 4.78 is 54.3. The summed E-state index contributed by atoms with van der Waals surface area (Å²) in [6.07, 6.45) is 1.71. The van der Waals surface area contributed by atoms with E-state index in [0.29, 0.717) is 22.6 Å². The van der Waals surface area contributed by atoms with Gasteiger partial charge in [0.2, 0.25) is 20.0 Å². The van der Waals surface area contributed by atoms with Crippen molar-refractivity contribution in [3.8, 4) is 0 Å². The average Bonchev–Trinajstić information content (AvgIpc) is 2.58. The minimum absolute atomic E-state index is 0.0301. The number of hydrogen-bond acceptors (Lipinski definition) is 7. The quantitative estimate of drug-likeness (QED) is 0.597. The highest BCUT2D eigenvalue weighted by atomic mass is 32.3. The zero-order valence-corrected chi connectivity index (χ0v) is 17.2. The van der Waals surface area contributed by atoms with Crippen LogP contribution in [0.4, 0.5) is 11.4 Å². The van der Waals surface area contributed by atoms with E-state index in [2.05, 4.69) is 0 Å². The molecule has 0 fully saturated rings. The highest BCUT2D eigenvalue weighted by Gasteiger charge is 2.27. The zero-order chi connectivity index (χ0) is 20.3. The third kappa shape index (κ3) is 3.17. The first-order valence-electron chi connectivity index (χ1n) is 8.41. The number of hydrogen-bond donors (Lipinski definition) is 0. The second-order valence-corrected chi connectivity index (χ2v) is 10.8. The van der Waals surface area contributed by atoms with Crippen LogP contribution in [0.2, 0.25) is 0 Å². The van der Waals surface area contributed by atoms with Crippen molar-refractivity contribution >= 4 is 53.2 Å². The van der Waals surface area contributed by atoms with Crippen LogP contribution in [0.25, 0.3) is 21.8 Å². The maximum Gasteiger partial charge on any atom is 0.245 e. The number of sulfonamides is 2. The van der Waals surface area contributed by atoms with Crippen LogP contribution in [0, 0.1) is 0 Å². The molecule has 8 nitrogen and oxygen atoms in total. The summed E-state index contributed by atoms with van der Waals surface area (Å²) in [5.41, 5.74) is 3.25. The fourth-order valence-corrected chi connectivity index (χ4v) is 6.49. The van der Waals surface area contributed by atoms with Crippen LogP contribution in [0.1, 0.15) is 5.56 Å². The number of benzene rings is 2. The second kappa shape index (κ2) is 6.29. The molecule has 1 aliphatic heterocycles. The first-order valence-corrected chi connectivity index (χ1v) is 12.1. The normalized spacial score (nSPS) is 15.0. The number of aromatic nitrogens is 1. The Bertz CT molecular complexity index is 1290. The summed E-state index contributed by atoms with van der Waals surface area (Å²) in [4.78, 5) is 6.69. The summed E-state index contributed by atoms with van der Waals surface area (Å²) in [5, 5.41) is 1.71. The van der Waals surface area contributed by atoms with Crippen LogP contribution in [-0.2, 0) is 31.4 Å². The summed E-state index contributed by atoms with van der Waals surface area (Å²) in [7, 11) is -6.11. The smallest absolute Gasteiger partial charge is 0.245 e. The van der Waals surface area contributed by atoms with Gasteiger partial charge in [0.1, 0.15) is 6.73 Å². The first-order chi connectivity index (χ1) is 13.1. The number of rotatable bonds is 3. The Kier molecular flexibility index (Phi) is 4.25. The molecule has 1 aromatic heterocycles. The van der Waals surface area contributed by atoms with Gasteiger partial charge >= 0.3 is 0 Å². The molecular weight excluding hydrogens is 402 g/mol. The van der Waals surface area contributed by atoms with Crippen LogP contribution >= 0.6 is 0 Å². The van der Waals surface area contributed by atoms with E-state index < -0.39 is 20.0 Å². The molecule has 0 spiro atoms. The van der Waals surface area contributed by atoms with E-state index in [1.54, 1.807) is 6.07 Å². The Labute approximate surface area is 163 Å². The lowest BCUT2D eigenvalue weighted by Gasteiger charge is -2.28. The fraction of sp³-hybridized carbons (Fsp3) is 0.278. The minimum atomic E-state index is -4.02. The number of anilines is 2. The molecule has 4 rings (SSSR count). The summed E-state index contributed by atoms with van der Waals surface area (Å²) >= 11 is 0. The first kappa shape index (κ1) is 18.9. The summed E-state index contributed by atoms with van der Waals surface area (Å²) in [6, 6.07) is 10.6. The van der Waals surface area contributed by atoms with Crippen molar-refractivity contribution in [3.63, 3.8) is 0 Å². The SMILES string of the molecule is CN1COCc2c1ccc1cc3ccc(N(S(C)(=O)=O)S(C)(=O)=O)cc3nc21. The van der Waals surface area contributed by atoms with Crippen molar-refractivity contribution in [3.05, 3.63) is 42.0 Å². The molecule has 2 heterocycles. The van der Waals surface area contributed by atoms with E-state index in [0.717, 1.165) is 40.1 Å². The molecule has 0 atom stereocenters. The molecular formula is C18H19N3O5S2. The van der Waals surface area contributed by atoms with Crippen molar-refractivity contribution in [2.24, 2.45) is 0 Å². The average molecular weight is 422 g/mol. The van der Waals surface area contributed by atoms with Gasteiger partial charge in [0.25, 0.3) is 0 Å². The van der Waals surface area contributed by atoms with Crippen molar-refractivity contribution in [1.82, 2.24) is 4.98 Å². The summed E-state index contributed by atoms with van der Waals surface area (Å²) in [6.45, 7) is 0.919. The number of fused-ring (bicyclic) bond motifs is 4. The lowest BCUT2D eigenvalue weighted by atomic mass is 10.0. The Morgan fingerprint density at radius 3 is 2.36 bits per heavy atom. The highest BCUT2D eigenvalue weighted by Crippen LogP contribution is 2.33. The molecule has 3 aromatic rings. The Balaban J connectivity index is 1.98.